The Balaban J connectivity index is 1.74. The van der Waals surface area contributed by atoms with Crippen LogP contribution in [0.25, 0.3) is 33.0 Å². The van der Waals surface area contributed by atoms with Crippen LogP contribution in [0.15, 0.2) is 66.7 Å². The molecular weight excluding hydrogens is 411 g/mol. The average Bonchev–Trinajstić information content (AvgIpc) is 2.76. The Hall–Kier alpha value is -3.41. The van der Waals surface area contributed by atoms with Crippen LogP contribution in [0.5, 0.6) is 5.75 Å². The van der Waals surface area contributed by atoms with E-state index in [-0.39, 0.29) is 16.5 Å². The molecule has 1 nitrogen and oxygen atoms in total. The first-order valence-electron chi connectivity index (χ1n) is 9.63. The number of ether oxygens (including phenoxy) is 1. The summed E-state index contributed by atoms with van der Waals surface area (Å²) in [6, 6.07) is 17.9. The number of alkyl halides is 2. The minimum absolute atomic E-state index is 0.0473. The average molecular weight is 428 g/mol. The zero-order valence-electron chi connectivity index (χ0n) is 16.4. The fourth-order valence-corrected chi connectivity index (χ4v) is 3.54. The van der Waals surface area contributed by atoms with E-state index in [1.165, 1.54) is 11.6 Å². The molecule has 0 aliphatic heterocycles. The molecule has 6 heteroatoms. The van der Waals surface area contributed by atoms with Gasteiger partial charge in [0.05, 0.1) is 0 Å². The molecule has 0 aliphatic carbocycles. The first-order chi connectivity index (χ1) is 14.9. The topological polar surface area (TPSA) is 9.23 Å². The number of benzene rings is 4. The molecule has 0 fully saturated rings. The zero-order chi connectivity index (χ0) is 22.1. The second kappa shape index (κ2) is 8.38. The summed E-state index contributed by atoms with van der Waals surface area (Å²) >= 11 is 0. The third-order valence-corrected chi connectivity index (χ3v) is 5.17. The molecule has 0 N–H and O–H groups in total. The molecule has 31 heavy (non-hydrogen) atoms. The lowest BCUT2D eigenvalue weighted by atomic mass is 9.96. The number of hydrogen-bond donors (Lipinski definition) is 0. The van der Waals surface area contributed by atoms with Crippen LogP contribution in [-0.4, -0.2) is 6.61 Å². The van der Waals surface area contributed by atoms with Crippen LogP contribution < -0.4 is 4.74 Å². The normalized spacial score (nSPS) is 11.3. The molecular formula is C25H17F5O. The Kier molecular flexibility index (Phi) is 5.63. The van der Waals surface area contributed by atoms with Crippen LogP contribution in [-0.2, 0) is 6.42 Å². The Morgan fingerprint density at radius 2 is 1.39 bits per heavy atom. The molecule has 0 spiro atoms. The summed E-state index contributed by atoms with van der Waals surface area (Å²) in [5.74, 6) is -4.52. The van der Waals surface area contributed by atoms with Crippen molar-refractivity contribution in [3.63, 3.8) is 0 Å². The lowest BCUT2D eigenvalue weighted by Crippen LogP contribution is -2.06. The van der Waals surface area contributed by atoms with Crippen molar-refractivity contribution in [3.05, 3.63) is 89.7 Å². The minimum atomic E-state index is -3.38. The second-order valence-corrected chi connectivity index (χ2v) is 7.06. The number of fused-ring (bicyclic) bond motifs is 1. The number of rotatable bonds is 5. The standard InChI is InChI=1S/C25H17F5O/c1-2-14-3-5-15(6-4-14)16-7-9-19-17(11-16)8-10-20(23(19)28)18-12-21(26)24(22(27)13-18)31-25(29)30/h3-13,25H,2H2,1H3. The van der Waals surface area contributed by atoms with Gasteiger partial charge in [0.15, 0.2) is 17.4 Å². The fraction of sp³-hybridized carbons (Fsp3) is 0.120. The van der Waals surface area contributed by atoms with Gasteiger partial charge in [0.25, 0.3) is 0 Å². The van der Waals surface area contributed by atoms with Gasteiger partial charge in [0, 0.05) is 10.9 Å². The van der Waals surface area contributed by atoms with Crippen LogP contribution in [0.3, 0.4) is 0 Å². The molecule has 158 valence electrons. The molecule has 0 heterocycles. The molecule has 0 saturated heterocycles. The highest BCUT2D eigenvalue weighted by atomic mass is 19.3. The summed E-state index contributed by atoms with van der Waals surface area (Å²) < 4.78 is 71.8. The van der Waals surface area contributed by atoms with Gasteiger partial charge >= 0.3 is 6.61 Å². The summed E-state index contributed by atoms with van der Waals surface area (Å²) in [6.07, 6.45) is 0.933. The van der Waals surface area contributed by atoms with Crippen molar-refractivity contribution in [2.45, 2.75) is 20.0 Å². The molecule has 0 amide bonds. The van der Waals surface area contributed by atoms with Gasteiger partial charge in [0.2, 0.25) is 0 Å². The Morgan fingerprint density at radius 1 is 0.742 bits per heavy atom. The van der Waals surface area contributed by atoms with Gasteiger partial charge in [-0.3, -0.25) is 0 Å². The Morgan fingerprint density at radius 3 is 2.00 bits per heavy atom. The van der Waals surface area contributed by atoms with Gasteiger partial charge in [-0.25, -0.2) is 13.2 Å². The largest absolute Gasteiger partial charge is 0.429 e. The van der Waals surface area contributed by atoms with Crippen LogP contribution in [0.2, 0.25) is 0 Å². The maximum Gasteiger partial charge on any atom is 0.387 e. The van der Waals surface area contributed by atoms with Crippen molar-refractivity contribution in [2.24, 2.45) is 0 Å². The van der Waals surface area contributed by atoms with Crippen LogP contribution in [0, 0.1) is 17.5 Å². The summed E-state index contributed by atoms with van der Waals surface area (Å²) in [6.45, 7) is -1.30. The molecule has 0 saturated carbocycles. The first-order valence-corrected chi connectivity index (χ1v) is 9.63. The summed E-state index contributed by atoms with van der Waals surface area (Å²) in [7, 11) is 0. The molecule has 4 aromatic carbocycles. The fourth-order valence-electron chi connectivity index (χ4n) is 3.54. The molecule has 0 aliphatic rings. The van der Waals surface area contributed by atoms with Gasteiger partial charge in [-0.2, -0.15) is 8.78 Å². The van der Waals surface area contributed by atoms with Crippen molar-refractivity contribution >= 4 is 10.8 Å². The quantitative estimate of drug-likeness (QED) is 0.295. The molecule has 0 radical (unpaired) electrons. The van der Waals surface area contributed by atoms with Crippen molar-refractivity contribution < 1.29 is 26.7 Å². The van der Waals surface area contributed by atoms with E-state index < -0.39 is 29.8 Å². The number of halogens is 5. The van der Waals surface area contributed by atoms with Crippen molar-refractivity contribution in [2.75, 3.05) is 0 Å². The van der Waals surface area contributed by atoms with Crippen molar-refractivity contribution in [1.82, 2.24) is 0 Å². The van der Waals surface area contributed by atoms with Crippen LogP contribution in [0.4, 0.5) is 22.0 Å². The van der Waals surface area contributed by atoms with Gasteiger partial charge < -0.3 is 4.74 Å². The maximum atomic E-state index is 15.2. The number of aryl methyl sites for hydroxylation is 1. The lowest BCUT2D eigenvalue weighted by molar-refractivity contribution is -0.0546. The van der Waals surface area contributed by atoms with E-state index >= 15 is 4.39 Å². The van der Waals surface area contributed by atoms with Gasteiger partial charge in [-0.15, -0.1) is 0 Å². The highest BCUT2D eigenvalue weighted by Gasteiger charge is 2.19. The molecule has 0 aromatic heterocycles. The van der Waals surface area contributed by atoms with Crippen LogP contribution >= 0.6 is 0 Å². The van der Waals surface area contributed by atoms with E-state index in [1.807, 2.05) is 30.3 Å². The van der Waals surface area contributed by atoms with Gasteiger partial charge in [0.1, 0.15) is 5.82 Å². The maximum absolute atomic E-state index is 15.2. The molecule has 0 bridgehead atoms. The van der Waals surface area contributed by atoms with Crippen molar-refractivity contribution in [1.29, 1.82) is 0 Å². The van der Waals surface area contributed by atoms with Crippen molar-refractivity contribution in [3.8, 4) is 28.0 Å². The zero-order valence-corrected chi connectivity index (χ0v) is 16.4. The Labute approximate surface area is 175 Å². The second-order valence-electron chi connectivity index (χ2n) is 7.06. The highest BCUT2D eigenvalue weighted by molar-refractivity contribution is 5.91. The predicted octanol–water partition coefficient (Wildman–Crippen LogP) is 7.75. The van der Waals surface area contributed by atoms with E-state index in [0.29, 0.717) is 5.39 Å². The van der Waals surface area contributed by atoms with E-state index in [0.717, 1.165) is 29.7 Å². The highest BCUT2D eigenvalue weighted by Crippen LogP contribution is 2.35. The summed E-state index contributed by atoms with van der Waals surface area (Å²) in [4.78, 5) is 0. The van der Waals surface area contributed by atoms with Gasteiger partial charge in [-0.05, 0) is 52.3 Å². The Bertz CT molecular complexity index is 1230. The molecule has 0 atom stereocenters. The molecule has 4 rings (SSSR count). The van der Waals surface area contributed by atoms with E-state index in [2.05, 4.69) is 11.7 Å². The third kappa shape index (κ3) is 4.10. The number of hydrogen-bond acceptors (Lipinski definition) is 1. The van der Waals surface area contributed by atoms with Gasteiger partial charge in [-0.1, -0.05) is 55.5 Å². The monoisotopic (exact) mass is 428 g/mol. The van der Waals surface area contributed by atoms with E-state index in [4.69, 9.17) is 0 Å². The van der Waals surface area contributed by atoms with E-state index in [9.17, 15) is 17.6 Å². The molecule has 4 aromatic rings. The van der Waals surface area contributed by atoms with Crippen LogP contribution in [0.1, 0.15) is 12.5 Å². The third-order valence-electron chi connectivity index (χ3n) is 5.17. The minimum Gasteiger partial charge on any atom is -0.429 e. The molecule has 0 unspecified atom stereocenters. The lowest BCUT2D eigenvalue weighted by Gasteiger charge is -2.12. The van der Waals surface area contributed by atoms with E-state index in [1.54, 1.807) is 18.2 Å². The smallest absolute Gasteiger partial charge is 0.387 e. The summed E-state index contributed by atoms with van der Waals surface area (Å²) in [5, 5.41) is 0.900. The summed E-state index contributed by atoms with van der Waals surface area (Å²) in [5.41, 5.74) is 2.95. The SMILES string of the molecule is CCc1ccc(-c2ccc3c(F)c(-c4cc(F)c(OC(F)F)c(F)c4)ccc3c2)cc1. The predicted molar refractivity (Wildman–Crippen MR) is 111 cm³/mol. The first kappa shape index (κ1) is 20.8.